The van der Waals surface area contributed by atoms with E-state index in [4.69, 9.17) is 0 Å². The van der Waals surface area contributed by atoms with Crippen LogP contribution >= 0.6 is 0 Å². The number of hydrogen-bond donors (Lipinski definition) is 1. The number of nitrogens with zero attached hydrogens (tertiary/aromatic N) is 5. The van der Waals surface area contributed by atoms with Crippen molar-refractivity contribution in [2.24, 2.45) is 5.92 Å². The molecule has 1 aliphatic heterocycles. The smallest absolute Gasteiger partial charge is 0.347 e. The van der Waals surface area contributed by atoms with E-state index >= 15 is 0 Å². The molecule has 1 N–H and O–H groups in total. The van der Waals surface area contributed by atoms with Gasteiger partial charge < -0.3 is 5.32 Å². The maximum atomic E-state index is 13.2. The van der Waals surface area contributed by atoms with Gasteiger partial charge in [0.05, 0.1) is 17.2 Å². The monoisotopic (exact) mass is 536 g/mol. The molecule has 1 aliphatic rings. The molecule has 0 bridgehead atoms. The number of carbonyl (C=O) groups excluding carboxylic acids is 1. The summed E-state index contributed by atoms with van der Waals surface area (Å²) in [7, 11) is 0. The van der Waals surface area contributed by atoms with Crippen LogP contribution in [0.2, 0.25) is 0 Å². The highest BCUT2D eigenvalue weighted by Gasteiger charge is 2.42. The number of alkyl halides is 6. The number of carbonyl (C=O) groups is 1. The number of hydrogen-bond acceptors (Lipinski definition) is 4. The molecule has 1 atom stereocenters. The fraction of sp³-hybridized carbons (Fsp3) is 0.360. The molecule has 1 aromatic carbocycles. The lowest BCUT2D eigenvalue weighted by atomic mass is 9.98. The first-order valence-corrected chi connectivity index (χ1v) is 11.9. The number of rotatable bonds is 5. The van der Waals surface area contributed by atoms with Crippen LogP contribution < -0.4 is 5.32 Å². The second-order valence-corrected chi connectivity index (χ2v) is 9.09. The number of aryl methyl sites for hydroxylation is 2. The minimum atomic E-state index is -4.57. The first-order valence-electron chi connectivity index (χ1n) is 11.9. The van der Waals surface area contributed by atoms with E-state index in [0.29, 0.717) is 34.9 Å². The molecular formula is C25H22F6N6O. The largest absolute Gasteiger partial charge is 0.417 e. The minimum absolute atomic E-state index is 0.0372. The normalized spacial score (nSPS) is 16.0. The van der Waals surface area contributed by atoms with Gasteiger partial charge in [0.2, 0.25) is 0 Å². The average molecular weight is 536 g/mol. The lowest BCUT2D eigenvalue weighted by Crippen LogP contribution is -2.31. The van der Waals surface area contributed by atoms with Crippen LogP contribution in [0.1, 0.15) is 46.5 Å². The number of halogens is 6. The molecule has 0 saturated heterocycles. The second-order valence-electron chi connectivity index (χ2n) is 9.09. The quantitative estimate of drug-likeness (QED) is 0.355. The molecule has 0 radical (unpaired) electrons. The summed E-state index contributed by atoms with van der Waals surface area (Å²) in [6, 6.07) is 8.97. The van der Waals surface area contributed by atoms with Crippen LogP contribution in [0.3, 0.4) is 0 Å². The van der Waals surface area contributed by atoms with Crippen molar-refractivity contribution in [3.05, 3.63) is 70.9 Å². The van der Waals surface area contributed by atoms with Crippen LogP contribution in [0.4, 0.5) is 26.3 Å². The van der Waals surface area contributed by atoms with E-state index in [2.05, 4.69) is 20.4 Å². The van der Waals surface area contributed by atoms with E-state index in [9.17, 15) is 31.1 Å². The number of fused-ring (bicyclic) bond motifs is 2. The molecule has 7 nitrogen and oxygen atoms in total. The van der Waals surface area contributed by atoms with E-state index in [1.807, 2.05) is 0 Å². The van der Waals surface area contributed by atoms with E-state index in [1.165, 1.54) is 10.7 Å². The summed E-state index contributed by atoms with van der Waals surface area (Å²) in [5, 5.41) is 7.05. The molecular weight excluding hydrogens is 514 g/mol. The third-order valence-electron chi connectivity index (χ3n) is 6.56. The Morgan fingerprint density at radius 2 is 1.79 bits per heavy atom. The fourth-order valence-electron chi connectivity index (χ4n) is 4.49. The van der Waals surface area contributed by atoms with Crippen molar-refractivity contribution >= 4 is 11.6 Å². The van der Waals surface area contributed by atoms with Crippen molar-refractivity contribution in [2.45, 2.75) is 51.6 Å². The van der Waals surface area contributed by atoms with Gasteiger partial charge in [0.1, 0.15) is 17.2 Å². The molecule has 1 amide bonds. The Kier molecular flexibility index (Phi) is 6.40. The minimum Gasteiger partial charge on any atom is -0.347 e. The summed E-state index contributed by atoms with van der Waals surface area (Å²) in [6.45, 7) is 1.99. The Bertz CT molecular complexity index is 1490. The van der Waals surface area contributed by atoms with Gasteiger partial charge in [-0.2, -0.15) is 31.4 Å². The van der Waals surface area contributed by atoms with Gasteiger partial charge in [-0.15, -0.1) is 0 Å². The van der Waals surface area contributed by atoms with Crippen molar-refractivity contribution in [2.75, 3.05) is 0 Å². The molecule has 1 unspecified atom stereocenters. The van der Waals surface area contributed by atoms with E-state index < -0.39 is 29.7 Å². The highest BCUT2D eigenvalue weighted by molar-refractivity contribution is 5.94. The second kappa shape index (κ2) is 9.44. The zero-order valence-corrected chi connectivity index (χ0v) is 20.1. The summed E-state index contributed by atoms with van der Waals surface area (Å²) in [4.78, 5) is 21.5. The third-order valence-corrected chi connectivity index (χ3v) is 6.56. The van der Waals surface area contributed by atoms with Gasteiger partial charge in [-0.05, 0) is 30.5 Å². The number of amides is 1. The molecule has 5 rings (SSSR count). The first-order chi connectivity index (χ1) is 17.9. The molecule has 4 aromatic rings. The summed E-state index contributed by atoms with van der Waals surface area (Å²) < 4.78 is 81.5. The predicted octanol–water partition coefficient (Wildman–Crippen LogP) is 5.23. The Hall–Kier alpha value is -3.90. The van der Waals surface area contributed by atoms with Gasteiger partial charge in [-0.3, -0.25) is 9.20 Å². The fourth-order valence-corrected chi connectivity index (χ4v) is 4.49. The summed E-state index contributed by atoms with van der Waals surface area (Å²) in [5.41, 5.74) is 1.07. The number of benzene rings is 1. The average Bonchev–Trinajstić information content (AvgIpc) is 3.47. The van der Waals surface area contributed by atoms with Crippen LogP contribution in [-0.4, -0.2) is 36.2 Å². The van der Waals surface area contributed by atoms with Crippen LogP contribution in [0, 0.1) is 5.92 Å². The Labute approximate surface area is 212 Å². The summed E-state index contributed by atoms with van der Waals surface area (Å²) >= 11 is 0. The standard InChI is InChI=1S/C25H22F6N6O/c1-2-18-21(36-13-17(25(29,30)31)7-8-19(36)33-18)23(38)32-12-14-3-5-15(6-4-14)22-34-20-11-16(24(26,27)28)9-10-37(20)35-22/h3-8,13,16H,2,9-12H2,1H3,(H,32,38). The Morgan fingerprint density at radius 1 is 1.05 bits per heavy atom. The highest BCUT2D eigenvalue weighted by Crippen LogP contribution is 2.35. The SMILES string of the molecule is CCc1nc2ccc(C(F)(F)F)cn2c1C(=O)NCc1ccc(-c2nc3n(n2)CCC(C(F)(F)F)C3)cc1. The Morgan fingerprint density at radius 3 is 2.45 bits per heavy atom. The zero-order chi connectivity index (χ0) is 27.2. The van der Waals surface area contributed by atoms with Crippen molar-refractivity contribution in [1.29, 1.82) is 0 Å². The summed E-state index contributed by atoms with van der Waals surface area (Å²) in [5.74, 6) is -1.39. The number of nitrogens with one attached hydrogen (secondary N) is 1. The van der Waals surface area contributed by atoms with E-state index in [1.54, 1.807) is 31.2 Å². The number of imidazole rings is 1. The van der Waals surface area contributed by atoms with Crippen molar-refractivity contribution < 1.29 is 31.1 Å². The van der Waals surface area contributed by atoms with E-state index in [0.717, 1.165) is 16.7 Å². The lowest BCUT2D eigenvalue weighted by molar-refractivity contribution is -0.179. The van der Waals surface area contributed by atoms with Crippen molar-refractivity contribution in [1.82, 2.24) is 29.5 Å². The van der Waals surface area contributed by atoms with E-state index in [-0.39, 0.29) is 37.3 Å². The Balaban J connectivity index is 1.30. The molecule has 13 heteroatoms. The molecule has 200 valence electrons. The molecule has 0 saturated carbocycles. The molecule has 4 heterocycles. The molecule has 0 aliphatic carbocycles. The van der Waals surface area contributed by atoms with Crippen LogP contribution in [0.25, 0.3) is 17.0 Å². The zero-order valence-electron chi connectivity index (χ0n) is 20.1. The van der Waals surface area contributed by atoms with Crippen molar-refractivity contribution in [3.8, 4) is 11.4 Å². The number of pyridine rings is 1. The van der Waals surface area contributed by atoms with Crippen LogP contribution in [-0.2, 0) is 32.1 Å². The molecule has 0 fully saturated rings. The third kappa shape index (κ3) is 4.96. The lowest BCUT2D eigenvalue weighted by Gasteiger charge is -2.24. The van der Waals surface area contributed by atoms with Gasteiger partial charge >= 0.3 is 12.4 Å². The first kappa shape index (κ1) is 25.7. The van der Waals surface area contributed by atoms with Crippen molar-refractivity contribution in [3.63, 3.8) is 0 Å². The molecule has 3 aromatic heterocycles. The maximum absolute atomic E-state index is 13.2. The highest BCUT2D eigenvalue weighted by atomic mass is 19.4. The summed E-state index contributed by atoms with van der Waals surface area (Å²) in [6.07, 6.45) is -7.88. The van der Waals surface area contributed by atoms with Crippen LogP contribution in [0.5, 0.6) is 0 Å². The van der Waals surface area contributed by atoms with Gasteiger partial charge in [0.15, 0.2) is 5.82 Å². The maximum Gasteiger partial charge on any atom is 0.417 e. The van der Waals surface area contributed by atoms with Crippen LogP contribution in [0.15, 0.2) is 42.6 Å². The predicted molar refractivity (Wildman–Crippen MR) is 124 cm³/mol. The van der Waals surface area contributed by atoms with Gasteiger partial charge in [0, 0.05) is 31.3 Å². The number of aromatic nitrogens is 5. The van der Waals surface area contributed by atoms with Gasteiger partial charge in [-0.1, -0.05) is 31.2 Å². The van der Waals surface area contributed by atoms with Gasteiger partial charge in [0.25, 0.3) is 5.91 Å². The van der Waals surface area contributed by atoms with Gasteiger partial charge in [-0.25, -0.2) is 14.6 Å². The molecule has 38 heavy (non-hydrogen) atoms. The topological polar surface area (TPSA) is 77.1 Å². The molecule has 0 spiro atoms.